The van der Waals surface area contributed by atoms with Gasteiger partial charge in [-0.25, -0.2) is 0 Å². The van der Waals surface area contributed by atoms with Crippen molar-refractivity contribution in [1.82, 2.24) is 0 Å². The Labute approximate surface area is 119 Å². The van der Waals surface area contributed by atoms with Crippen LogP contribution in [0.2, 0.25) is 0 Å². The highest BCUT2D eigenvalue weighted by molar-refractivity contribution is 7.79. The average Bonchev–Trinajstić information content (AvgIpc) is 2.48. The van der Waals surface area contributed by atoms with Crippen LogP contribution in [0, 0.1) is 0 Å². The van der Waals surface area contributed by atoms with E-state index in [1.165, 1.54) is 0 Å². The SMILES string of the molecule is CCOc1ccc(N2CCOCC2C=S)cc1OC. The van der Waals surface area contributed by atoms with E-state index < -0.39 is 0 Å². The Bertz CT molecular complexity index is 439. The molecule has 0 aromatic heterocycles. The van der Waals surface area contributed by atoms with Gasteiger partial charge >= 0.3 is 0 Å². The second kappa shape index (κ2) is 6.73. The number of rotatable bonds is 5. The number of morpholine rings is 1. The fraction of sp³-hybridized carbons (Fsp3) is 0.500. The van der Waals surface area contributed by atoms with E-state index in [1.807, 2.05) is 25.1 Å². The average molecular weight is 281 g/mol. The summed E-state index contributed by atoms with van der Waals surface area (Å²) in [5.74, 6) is 1.51. The van der Waals surface area contributed by atoms with Crippen LogP contribution in [-0.4, -0.2) is 44.9 Å². The predicted molar refractivity (Wildman–Crippen MR) is 79.8 cm³/mol. The van der Waals surface area contributed by atoms with Crippen molar-refractivity contribution < 1.29 is 14.2 Å². The lowest BCUT2D eigenvalue weighted by molar-refractivity contribution is 0.111. The van der Waals surface area contributed by atoms with E-state index in [4.69, 9.17) is 26.4 Å². The third-order valence-electron chi connectivity index (χ3n) is 3.10. The fourth-order valence-electron chi connectivity index (χ4n) is 2.17. The molecule has 1 aromatic rings. The second-order valence-electron chi connectivity index (χ2n) is 4.24. The molecular weight excluding hydrogens is 262 g/mol. The summed E-state index contributed by atoms with van der Waals surface area (Å²) < 4.78 is 16.4. The molecule has 1 saturated heterocycles. The number of hydrogen-bond acceptors (Lipinski definition) is 5. The Balaban J connectivity index is 2.26. The normalized spacial score (nSPS) is 19.1. The van der Waals surface area contributed by atoms with E-state index in [0.717, 1.165) is 30.3 Å². The predicted octanol–water partition coefficient (Wildman–Crippen LogP) is 2.30. The van der Waals surface area contributed by atoms with E-state index in [1.54, 1.807) is 12.5 Å². The number of thiocarbonyl (C=S) groups is 1. The minimum absolute atomic E-state index is 0.131. The van der Waals surface area contributed by atoms with Gasteiger partial charge in [-0.3, -0.25) is 0 Å². The number of ether oxygens (including phenoxy) is 3. The van der Waals surface area contributed by atoms with Crippen LogP contribution < -0.4 is 14.4 Å². The first-order chi connectivity index (χ1) is 9.30. The van der Waals surface area contributed by atoms with Crippen molar-refractivity contribution in [1.29, 1.82) is 0 Å². The van der Waals surface area contributed by atoms with Gasteiger partial charge in [-0.15, -0.1) is 0 Å². The van der Waals surface area contributed by atoms with Crippen molar-refractivity contribution in [3.8, 4) is 11.5 Å². The molecule has 1 heterocycles. The molecular formula is C14H19NO3S. The molecule has 1 unspecified atom stereocenters. The van der Waals surface area contributed by atoms with E-state index in [9.17, 15) is 0 Å². The first-order valence-electron chi connectivity index (χ1n) is 6.40. The lowest BCUT2D eigenvalue weighted by Gasteiger charge is -2.35. The maximum Gasteiger partial charge on any atom is 0.162 e. The molecule has 1 fully saturated rings. The molecule has 0 spiro atoms. The van der Waals surface area contributed by atoms with Crippen molar-refractivity contribution in [2.75, 3.05) is 38.4 Å². The van der Waals surface area contributed by atoms with Crippen LogP contribution in [0.25, 0.3) is 0 Å². The van der Waals surface area contributed by atoms with Crippen molar-refractivity contribution in [3.05, 3.63) is 18.2 Å². The van der Waals surface area contributed by atoms with Gasteiger partial charge in [-0.2, -0.15) is 0 Å². The zero-order chi connectivity index (χ0) is 13.7. The maximum atomic E-state index is 5.53. The van der Waals surface area contributed by atoms with Crippen LogP contribution in [-0.2, 0) is 4.74 Å². The molecule has 104 valence electrons. The van der Waals surface area contributed by atoms with E-state index in [0.29, 0.717) is 13.2 Å². The van der Waals surface area contributed by atoms with Crippen molar-refractivity contribution in [2.45, 2.75) is 13.0 Å². The van der Waals surface area contributed by atoms with Crippen LogP contribution in [0.15, 0.2) is 18.2 Å². The Morgan fingerprint density at radius 1 is 1.47 bits per heavy atom. The molecule has 1 aliphatic rings. The number of methoxy groups -OCH3 is 1. The Hall–Kier alpha value is -1.33. The molecule has 19 heavy (non-hydrogen) atoms. The highest BCUT2D eigenvalue weighted by atomic mass is 32.1. The summed E-state index contributed by atoms with van der Waals surface area (Å²) in [6.45, 7) is 4.76. The Morgan fingerprint density at radius 2 is 2.32 bits per heavy atom. The molecule has 0 aliphatic carbocycles. The van der Waals surface area contributed by atoms with Crippen LogP contribution in [0.1, 0.15) is 6.92 Å². The number of hydrogen-bond donors (Lipinski definition) is 0. The van der Waals surface area contributed by atoms with Gasteiger partial charge in [0.05, 0.1) is 33.0 Å². The summed E-state index contributed by atoms with van der Waals surface area (Å²) in [5.41, 5.74) is 1.08. The van der Waals surface area contributed by atoms with Gasteiger partial charge in [0.2, 0.25) is 0 Å². The van der Waals surface area contributed by atoms with Crippen molar-refractivity contribution in [2.24, 2.45) is 0 Å². The molecule has 5 heteroatoms. The number of benzene rings is 1. The molecule has 0 saturated carbocycles. The van der Waals surface area contributed by atoms with Crippen molar-refractivity contribution in [3.63, 3.8) is 0 Å². The molecule has 4 nitrogen and oxygen atoms in total. The summed E-state index contributed by atoms with van der Waals surface area (Å²) in [4.78, 5) is 2.23. The summed E-state index contributed by atoms with van der Waals surface area (Å²) >= 11 is 5.08. The minimum atomic E-state index is 0.131. The smallest absolute Gasteiger partial charge is 0.162 e. The first-order valence-corrected chi connectivity index (χ1v) is 6.87. The molecule has 0 bridgehead atoms. The summed E-state index contributed by atoms with van der Waals surface area (Å²) in [7, 11) is 1.65. The van der Waals surface area contributed by atoms with E-state index in [-0.39, 0.29) is 6.04 Å². The fourth-order valence-corrected chi connectivity index (χ4v) is 2.39. The lowest BCUT2D eigenvalue weighted by Crippen LogP contribution is -2.46. The van der Waals surface area contributed by atoms with Gasteiger partial charge in [0.15, 0.2) is 11.5 Å². The molecule has 0 N–H and O–H groups in total. The van der Waals surface area contributed by atoms with Crippen LogP contribution in [0.3, 0.4) is 0 Å². The minimum Gasteiger partial charge on any atom is -0.493 e. The summed E-state index contributed by atoms with van der Waals surface area (Å²) in [6.07, 6.45) is 0. The largest absolute Gasteiger partial charge is 0.493 e. The van der Waals surface area contributed by atoms with E-state index >= 15 is 0 Å². The molecule has 1 atom stereocenters. The number of nitrogens with zero attached hydrogens (tertiary/aromatic N) is 1. The quantitative estimate of drug-likeness (QED) is 0.773. The van der Waals surface area contributed by atoms with Gasteiger partial charge in [0.25, 0.3) is 0 Å². The molecule has 2 rings (SSSR count). The topological polar surface area (TPSA) is 30.9 Å². The third-order valence-corrected chi connectivity index (χ3v) is 3.42. The first kappa shape index (κ1) is 14.1. The van der Waals surface area contributed by atoms with Gasteiger partial charge < -0.3 is 19.1 Å². The molecule has 0 radical (unpaired) electrons. The highest BCUT2D eigenvalue weighted by Gasteiger charge is 2.22. The monoisotopic (exact) mass is 281 g/mol. The van der Waals surface area contributed by atoms with Crippen LogP contribution in [0.4, 0.5) is 5.69 Å². The Kier molecular flexibility index (Phi) is 4.99. The molecule has 1 aromatic carbocycles. The Morgan fingerprint density at radius 3 is 3.00 bits per heavy atom. The second-order valence-corrected chi connectivity index (χ2v) is 4.51. The molecule has 0 amide bonds. The van der Waals surface area contributed by atoms with Crippen molar-refractivity contribution >= 4 is 23.3 Å². The lowest BCUT2D eigenvalue weighted by atomic mass is 10.2. The summed E-state index contributed by atoms with van der Waals surface area (Å²) in [6, 6.07) is 6.09. The zero-order valence-corrected chi connectivity index (χ0v) is 12.1. The van der Waals surface area contributed by atoms with Crippen LogP contribution >= 0.6 is 12.2 Å². The zero-order valence-electron chi connectivity index (χ0n) is 11.3. The van der Waals surface area contributed by atoms with Gasteiger partial charge in [-0.1, -0.05) is 12.2 Å². The molecule has 1 aliphatic heterocycles. The summed E-state index contributed by atoms with van der Waals surface area (Å²) in [5, 5.41) is 1.75. The number of anilines is 1. The van der Waals surface area contributed by atoms with Gasteiger partial charge in [-0.05, 0) is 19.1 Å². The maximum absolute atomic E-state index is 5.53. The van der Waals surface area contributed by atoms with Gasteiger partial charge in [0, 0.05) is 23.7 Å². The van der Waals surface area contributed by atoms with Gasteiger partial charge in [0.1, 0.15) is 0 Å². The standard InChI is InChI=1S/C14H19NO3S/c1-3-18-13-5-4-11(8-14(13)16-2)15-6-7-17-9-12(15)10-19/h4-5,8,10,12H,3,6-7,9H2,1-2H3. The van der Waals surface area contributed by atoms with Crippen LogP contribution in [0.5, 0.6) is 11.5 Å². The third kappa shape index (κ3) is 3.16. The highest BCUT2D eigenvalue weighted by Crippen LogP contribution is 2.32. The van der Waals surface area contributed by atoms with E-state index in [2.05, 4.69) is 4.90 Å².